The number of hydrogen-bond donors (Lipinski definition) is 1. The van der Waals surface area contributed by atoms with Crippen molar-refractivity contribution in [1.82, 2.24) is 9.80 Å². The van der Waals surface area contributed by atoms with Gasteiger partial charge in [-0.05, 0) is 61.0 Å². The Morgan fingerprint density at radius 1 is 1.06 bits per heavy atom. The molecule has 3 rings (SSSR count). The average molecular weight is 481 g/mol. The number of benzene rings is 2. The number of likely N-dealkylation sites (N-methyl/N-ethyl adjacent to an activating group) is 1. The normalized spacial score (nSPS) is 17.5. The number of carbonyl (C=O) groups is 2. The minimum Gasteiger partial charge on any atom is -0.507 e. The van der Waals surface area contributed by atoms with E-state index < -0.39 is 17.7 Å². The molecule has 1 amide bonds. The molecular weight excluding hydrogens is 444 g/mol. The number of likely N-dealkylation sites (tertiary alicyclic amines) is 1. The van der Waals surface area contributed by atoms with E-state index in [4.69, 9.17) is 9.47 Å². The van der Waals surface area contributed by atoms with Gasteiger partial charge in [-0.1, -0.05) is 39.8 Å². The van der Waals surface area contributed by atoms with Gasteiger partial charge in [0.25, 0.3) is 11.7 Å². The largest absolute Gasteiger partial charge is 0.507 e. The number of rotatable bonds is 11. The van der Waals surface area contributed by atoms with Crippen LogP contribution in [0.5, 0.6) is 11.5 Å². The van der Waals surface area contributed by atoms with E-state index in [2.05, 4.69) is 32.6 Å². The summed E-state index contributed by atoms with van der Waals surface area (Å²) >= 11 is 0. The molecule has 1 heterocycles. The van der Waals surface area contributed by atoms with Crippen LogP contribution >= 0.6 is 0 Å². The van der Waals surface area contributed by atoms with Gasteiger partial charge in [-0.2, -0.15) is 0 Å². The fourth-order valence-electron chi connectivity index (χ4n) is 4.19. The standard InChI is InChI=1S/C28H36N2O5/c1-6-29(7-2)15-16-30-25(21-9-8-10-23(17-21)34-5)24(27(32)28(30)33)26(31)20-11-13-22(14-12-20)35-18-19(3)4/h8-14,17,19,25,31H,6-7,15-16,18H2,1-5H3/b26-24-. The number of Topliss-reactive ketones (excluding diaryl/α,β-unsaturated/α-hetero) is 1. The zero-order valence-corrected chi connectivity index (χ0v) is 21.3. The summed E-state index contributed by atoms with van der Waals surface area (Å²) in [4.78, 5) is 30.1. The van der Waals surface area contributed by atoms with Gasteiger partial charge >= 0.3 is 0 Å². The quantitative estimate of drug-likeness (QED) is 0.290. The second-order valence-corrected chi connectivity index (χ2v) is 9.03. The maximum atomic E-state index is 13.2. The molecule has 1 aliphatic rings. The Labute approximate surface area is 207 Å². The monoisotopic (exact) mass is 480 g/mol. The van der Waals surface area contributed by atoms with E-state index in [1.165, 1.54) is 0 Å². The van der Waals surface area contributed by atoms with Crippen molar-refractivity contribution in [1.29, 1.82) is 0 Å². The molecule has 7 heteroatoms. The molecule has 1 saturated heterocycles. The van der Waals surface area contributed by atoms with Gasteiger partial charge in [0.2, 0.25) is 0 Å². The van der Waals surface area contributed by atoms with Crippen LogP contribution in [0.25, 0.3) is 5.76 Å². The van der Waals surface area contributed by atoms with E-state index in [1.54, 1.807) is 42.3 Å². The first-order valence-corrected chi connectivity index (χ1v) is 12.2. The fraction of sp³-hybridized carbons (Fsp3) is 0.429. The number of ether oxygens (including phenoxy) is 2. The number of nitrogens with zero attached hydrogens (tertiary/aromatic N) is 2. The van der Waals surface area contributed by atoms with E-state index in [1.807, 2.05) is 18.2 Å². The number of amides is 1. The Morgan fingerprint density at radius 3 is 2.34 bits per heavy atom. The van der Waals surface area contributed by atoms with Crippen molar-refractivity contribution in [2.45, 2.75) is 33.7 Å². The molecular formula is C28H36N2O5. The highest BCUT2D eigenvalue weighted by molar-refractivity contribution is 6.46. The molecule has 0 aromatic heterocycles. The van der Waals surface area contributed by atoms with Crippen molar-refractivity contribution in [2.75, 3.05) is 39.9 Å². The van der Waals surface area contributed by atoms with Crippen molar-refractivity contribution >= 4 is 17.4 Å². The van der Waals surface area contributed by atoms with Gasteiger partial charge in [0.1, 0.15) is 17.3 Å². The number of methoxy groups -OCH3 is 1. The van der Waals surface area contributed by atoms with Crippen molar-refractivity contribution in [3.05, 3.63) is 65.2 Å². The van der Waals surface area contributed by atoms with Crippen LogP contribution in [-0.2, 0) is 9.59 Å². The summed E-state index contributed by atoms with van der Waals surface area (Å²) in [7, 11) is 1.57. The first kappa shape index (κ1) is 26.3. The van der Waals surface area contributed by atoms with Crippen LogP contribution in [0.4, 0.5) is 0 Å². The molecule has 1 unspecified atom stereocenters. The van der Waals surface area contributed by atoms with Crippen LogP contribution in [0.15, 0.2) is 54.1 Å². The van der Waals surface area contributed by atoms with Gasteiger partial charge in [-0.3, -0.25) is 9.59 Å². The van der Waals surface area contributed by atoms with E-state index >= 15 is 0 Å². The molecule has 2 aromatic rings. The minimum atomic E-state index is -0.711. The fourth-order valence-corrected chi connectivity index (χ4v) is 4.19. The highest BCUT2D eigenvalue weighted by atomic mass is 16.5. The maximum Gasteiger partial charge on any atom is 0.295 e. The molecule has 0 aliphatic carbocycles. The molecule has 0 bridgehead atoms. The topological polar surface area (TPSA) is 79.3 Å². The first-order chi connectivity index (χ1) is 16.8. The lowest BCUT2D eigenvalue weighted by molar-refractivity contribution is -0.140. The molecule has 1 aliphatic heterocycles. The highest BCUT2D eigenvalue weighted by Crippen LogP contribution is 2.40. The molecule has 1 N–H and O–H groups in total. The third-order valence-corrected chi connectivity index (χ3v) is 6.21. The van der Waals surface area contributed by atoms with Gasteiger partial charge in [0.05, 0.1) is 25.3 Å². The number of carbonyl (C=O) groups excluding carboxylic acids is 2. The molecule has 1 fully saturated rings. The van der Waals surface area contributed by atoms with Crippen LogP contribution in [0, 0.1) is 5.92 Å². The van der Waals surface area contributed by atoms with Crippen molar-refractivity contribution in [2.24, 2.45) is 5.92 Å². The van der Waals surface area contributed by atoms with Crippen molar-refractivity contribution in [3.63, 3.8) is 0 Å². The predicted molar refractivity (Wildman–Crippen MR) is 137 cm³/mol. The Bertz CT molecular complexity index is 1060. The second kappa shape index (κ2) is 11.9. The minimum absolute atomic E-state index is 0.0821. The Hall–Kier alpha value is -3.32. The summed E-state index contributed by atoms with van der Waals surface area (Å²) in [5, 5.41) is 11.3. The van der Waals surface area contributed by atoms with E-state index in [9.17, 15) is 14.7 Å². The molecule has 188 valence electrons. The summed E-state index contributed by atoms with van der Waals surface area (Å²) in [6.45, 7) is 11.5. The Kier molecular flexibility index (Phi) is 8.93. The van der Waals surface area contributed by atoms with Crippen LogP contribution < -0.4 is 9.47 Å². The van der Waals surface area contributed by atoms with Crippen LogP contribution in [0.2, 0.25) is 0 Å². The van der Waals surface area contributed by atoms with Crippen LogP contribution in [-0.4, -0.2) is 66.5 Å². The third-order valence-electron chi connectivity index (χ3n) is 6.21. The summed E-state index contributed by atoms with van der Waals surface area (Å²) in [5.74, 6) is 0.191. The second-order valence-electron chi connectivity index (χ2n) is 9.03. The van der Waals surface area contributed by atoms with E-state index in [0.29, 0.717) is 48.2 Å². The molecule has 0 saturated carbocycles. The van der Waals surface area contributed by atoms with E-state index in [-0.39, 0.29) is 11.3 Å². The number of ketones is 1. The summed E-state index contributed by atoms with van der Waals surface area (Å²) in [5.41, 5.74) is 1.25. The van der Waals surface area contributed by atoms with Crippen molar-refractivity contribution in [3.8, 4) is 11.5 Å². The lowest BCUT2D eigenvalue weighted by Gasteiger charge is -2.28. The van der Waals surface area contributed by atoms with Crippen LogP contribution in [0.1, 0.15) is 44.9 Å². The first-order valence-electron chi connectivity index (χ1n) is 12.2. The Morgan fingerprint density at radius 2 is 1.74 bits per heavy atom. The van der Waals surface area contributed by atoms with Gasteiger partial charge < -0.3 is 24.4 Å². The number of aliphatic hydroxyl groups excluding tert-OH is 1. The maximum absolute atomic E-state index is 13.2. The summed E-state index contributed by atoms with van der Waals surface area (Å²) < 4.78 is 11.1. The zero-order valence-electron chi connectivity index (χ0n) is 21.3. The summed E-state index contributed by atoms with van der Waals surface area (Å²) in [6, 6.07) is 13.5. The Balaban J connectivity index is 2.03. The van der Waals surface area contributed by atoms with Crippen LogP contribution in [0.3, 0.4) is 0 Å². The smallest absolute Gasteiger partial charge is 0.295 e. The molecule has 0 radical (unpaired) electrons. The lowest BCUT2D eigenvalue weighted by atomic mass is 9.95. The zero-order chi connectivity index (χ0) is 25.5. The molecule has 0 spiro atoms. The van der Waals surface area contributed by atoms with Gasteiger partial charge in [-0.25, -0.2) is 0 Å². The number of aliphatic hydroxyl groups is 1. The average Bonchev–Trinajstić information content (AvgIpc) is 3.13. The predicted octanol–water partition coefficient (Wildman–Crippen LogP) is 4.49. The molecule has 35 heavy (non-hydrogen) atoms. The lowest BCUT2D eigenvalue weighted by Crippen LogP contribution is -2.38. The van der Waals surface area contributed by atoms with Gasteiger partial charge in [-0.15, -0.1) is 0 Å². The van der Waals surface area contributed by atoms with E-state index in [0.717, 1.165) is 13.1 Å². The van der Waals surface area contributed by atoms with Gasteiger partial charge in [0, 0.05) is 18.7 Å². The number of hydrogen-bond acceptors (Lipinski definition) is 6. The summed E-state index contributed by atoms with van der Waals surface area (Å²) in [6.07, 6.45) is 0. The SMILES string of the molecule is CCN(CC)CCN1C(=O)C(=O)/C(=C(\O)c2ccc(OCC(C)C)cc2)C1c1cccc(OC)c1. The molecule has 7 nitrogen and oxygen atoms in total. The van der Waals surface area contributed by atoms with Crippen molar-refractivity contribution < 1.29 is 24.2 Å². The molecule has 2 aromatic carbocycles. The highest BCUT2D eigenvalue weighted by Gasteiger charge is 2.46. The third kappa shape index (κ3) is 6.03. The molecule has 1 atom stereocenters. The van der Waals surface area contributed by atoms with Gasteiger partial charge in [0.15, 0.2) is 0 Å².